The lowest BCUT2D eigenvalue weighted by Crippen LogP contribution is -1.98. The van der Waals surface area contributed by atoms with E-state index in [1.165, 1.54) is 0 Å². The van der Waals surface area contributed by atoms with E-state index < -0.39 is 11.9 Å². The molecule has 2 aliphatic rings. The van der Waals surface area contributed by atoms with Gasteiger partial charge < -0.3 is 20.2 Å². The van der Waals surface area contributed by atoms with Crippen molar-refractivity contribution in [2.75, 3.05) is 0 Å². The molecule has 10 heteroatoms. The summed E-state index contributed by atoms with van der Waals surface area (Å²) in [7, 11) is 0. The topological polar surface area (TPSA) is 158 Å². The molecule has 0 spiro atoms. The molecule has 0 aromatic carbocycles. The van der Waals surface area contributed by atoms with Crippen molar-refractivity contribution in [3.63, 3.8) is 0 Å². The molecule has 2 aliphatic heterocycles. The highest BCUT2D eigenvalue weighted by Crippen LogP contribution is 2.36. The Kier molecular flexibility index (Phi) is 12.6. The third kappa shape index (κ3) is 9.02. The summed E-state index contributed by atoms with van der Waals surface area (Å²) >= 11 is 0. The quantitative estimate of drug-likeness (QED) is 0.123. The number of carboxylic acid groups (broad SMARTS) is 2. The molecule has 5 aromatic rings. The van der Waals surface area contributed by atoms with E-state index in [1.807, 2.05) is 94.4 Å². The van der Waals surface area contributed by atoms with E-state index in [9.17, 15) is 19.8 Å². The predicted molar refractivity (Wildman–Crippen MR) is 217 cm³/mol. The lowest BCUT2D eigenvalue weighted by molar-refractivity contribution is -0.137. The van der Waals surface area contributed by atoms with Crippen LogP contribution in [0.5, 0.6) is 0 Å². The first-order valence-electron chi connectivity index (χ1n) is 17.6. The molecule has 274 valence electrons. The molecule has 0 aliphatic carbocycles. The van der Waals surface area contributed by atoms with Gasteiger partial charge in [-0.15, -0.1) is 0 Å². The Bertz CT molecular complexity index is 2340. The van der Waals surface area contributed by atoms with E-state index in [-0.39, 0.29) is 12.8 Å². The maximum atomic E-state index is 11.5. The Balaban J connectivity index is 0.000000395. The van der Waals surface area contributed by atoms with E-state index in [0.717, 1.165) is 83.7 Å². The van der Waals surface area contributed by atoms with Crippen molar-refractivity contribution < 1.29 is 19.8 Å². The number of nitrogens with zero attached hydrogens (tertiary/aromatic N) is 4. The second-order valence-electron chi connectivity index (χ2n) is 12.8. The Morgan fingerprint density at radius 2 is 1.11 bits per heavy atom. The Morgan fingerprint density at radius 3 is 1.65 bits per heavy atom. The van der Waals surface area contributed by atoms with Gasteiger partial charge in [-0.05, 0) is 122 Å². The van der Waals surface area contributed by atoms with Crippen molar-refractivity contribution in [1.82, 2.24) is 29.9 Å². The zero-order valence-corrected chi connectivity index (χ0v) is 31.0. The molecule has 4 N–H and O–H groups in total. The number of hydrogen-bond donors (Lipinski definition) is 4. The molecule has 5 aromatic heterocycles. The molecule has 0 fully saturated rings. The number of nitrogens with one attached hydrogen (secondary N) is 2. The molecular formula is C44H44N6O4. The zero-order valence-electron chi connectivity index (χ0n) is 31.0. The van der Waals surface area contributed by atoms with Gasteiger partial charge in [0.2, 0.25) is 0 Å². The summed E-state index contributed by atoms with van der Waals surface area (Å²) in [5.41, 5.74) is 13.7. The van der Waals surface area contributed by atoms with Gasteiger partial charge in [0, 0.05) is 70.8 Å². The molecule has 0 unspecified atom stereocenters. The van der Waals surface area contributed by atoms with Crippen molar-refractivity contribution >= 4 is 62.4 Å². The van der Waals surface area contributed by atoms with E-state index in [0.29, 0.717) is 18.5 Å². The minimum Gasteiger partial charge on any atom is -0.481 e. The lowest BCUT2D eigenvalue weighted by Gasteiger charge is -2.03. The fourth-order valence-corrected chi connectivity index (χ4v) is 6.39. The van der Waals surface area contributed by atoms with Crippen LogP contribution in [0.3, 0.4) is 0 Å². The number of hydrogen-bond acceptors (Lipinski definition) is 6. The summed E-state index contributed by atoms with van der Waals surface area (Å²) in [6, 6.07) is 19.3. The number of pyridine rings is 2. The largest absolute Gasteiger partial charge is 0.481 e. The minimum absolute atomic E-state index is 0.0259. The number of aryl methyl sites for hydroxylation is 3. The average molecular weight is 721 g/mol. The summed E-state index contributed by atoms with van der Waals surface area (Å²) in [6.45, 7) is 16.0. The van der Waals surface area contributed by atoms with Crippen molar-refractivity contribution in [1.29, 1.82) is 0 Å². The Labute approximate surface area is 314 Å². The van der Waals surface area contributed by atoms with Crippen LogP contribution in [0.4, 0.5) is 0 Å². The number of allylic oxidation sites excluding steroid dienone is 5. The lowest BCUT2D eigenvalue weighted by atomic mass is 10.0. The normalized spacial score (nSPS) is 11.9. The second kappa shape index (κ2) is 17.7. The number of carboxylic acids is 2. The van der Waals surface area contributed by atoms with Crippen LogP contribution in [0, 0.1) is 13.8 Å². The standard InChI is InChI=1S/C34H34N4O4.2C5H5N/c1-7-21-17(3)25-13-26-19(5)23(9-11-33(39)40)31(37-26)16-32-24(10-12-34(41)42)20(6)28(38-32)15-30-22(8-2)18(4)27(36-30)14-29(21)35-25;2*1-2-4-6-5-3-1/h7-8,13-16,35,38H,1-2,9-12H2,3-6H3,(H,39,40)(H,41,42);2*1-5H. The van der Waals surface area contributed by atoms with Crippen LogP contribution in [-0.2, 0) is 16.0 Å². The van der Waals surface area contributed by atoms with Crippen LogP contribution in [0.25, 0.3) is 50.4 Å². The predicted octanol–water partition coefficient (Wildman–Crippen LogP) is 9.67. The molecule has 54 heavy (non-hydrogen) atoms. The van der Waals surface area contributed by atoms with Crippen LogP contribution in [0.1, 0.15) is 78.1 Å². The van der Waals surface area contributed by atoms with Gasteiger partial charge in [-0.1, -0.05) is 37.4 Å². The van der Waals surface area contributed by atoms with Crippen molar-refractivity contribution in [3.8, 4) is 0 Å². The van der Waals surface area contributed by atoms with Crippen molar-refractivity contribution in [3.05, 3.63) is 150 Å². The maximum Gasteiger partial charge on any atom is 0.303 e. The summed E-state index contributed by atoms with van der Waals surface area (Å²) in [4.78, 5) is 47.6. The monoisotopic (exact) mass is 720 g/mol. The van der Waals surface area contributed by atoms with Gasteiger partial charge in [-0.25, -0.2) is 9.97 Å². The molecule has 8 bridgehead atoms. The molecule has 7 rings (SSSR count). The highest BCUT2D eigenvalue weighted by atomic mass is 16.4. The average Bonchev–Trinajstić information content (AvgIpc) is 3.84. The minimum atomic E-state index is -0.883. The number of H-pyrrole nitrogens is 2. The molecule has 10 nitrogen and oxygen atoms in total. The highest BCUT2D eigenvalue weighted by Gasteiger charge is 2.21. The molecule has 7 heterocycles. The number of aromatic nitrogens is 6. The van der Waals surface area contributed by atoms with Gasteiger partial charge in [0.1, 0.15) is 0 Å². The number of rotatable bonds is 8. The van der Waals surface area contributed by atoms with Crippen LogP contribution in [0.15, 0.2) is 105 Å². The fourth-order valence-electron chi connectivity index (χ4n) is 6.39. The second-order valence-corrected chi connectivity index (χ2v) is 12.8. The molecular weight excluding hydrogens is 677 g/mol. The van der Waals surface area contributed by atoms with Gasteiger partial charge >= 0.3 is 11.9 Å². The molecule has 0 atom stereocenters. The van der Waals surface area contributed by atoms with Crippen LogP contribution in [-0.4, -0.2) is 52.1 Å². The summed E-state index contributed by atoms with van der Waals surface area (Å²) in [5.74, 6) is -1.76. The molecule has 0 saturated heterocycles. The first-order valence-corrected chi connectivity index (χ1v) is 17.6. The Morgan fingerprint density at radius 1 is 0.611 bits per heavy atom. The van der Waals surface area contributed by atoms with Crippen molar-refractivity contribution in [2.24, 2.45) is 0 Å². The molecule has 0 radical (unpaired) electrons. The van der Waals surface area contributed by atoms with Crippen LogP contribution in [0.2, 0.25) is 0 Å². The number of carbonyl (C=O) groups is 2. The summed E-state index contributed by atoms with van der Waals surface area (Å²) in [6.07, 6.45) is 11.2. The number of aliphatic carboxylic acids is 2. The van der Waals surface area contributed by atoms with Gasteiger partial charge in [0.05, 0.1) is 22.8 Å². The molecule has 0 saturated carbocycles. The third-order valence-corrected chi connectivity index (χ3v) is 9.35. The van der Waals surface area contributed by atoms with Gasteiger partial charge in [-0.3, -0.25) is 19.6 Å². The molecule has 0 amide bonds. The first kappa shape index (κ1) is 38.5. The van der Waals surface area contributed by atoms with E-state index in [2.05, 4.69) is 33.1 Å². The van der Waals surface area contributed by atoms with E-state index in [1.54, 1.807) is 30.9 Å². The maximum absolute atomic E-state index is 11.5. The zero-order chi connectivity index (χ0) is 38.8. The highest BCUT2D eigenvalue weighted by molar-refractivity contribution is 5.98. The summed E-state index contributed by atoms with van der Waals surface area (Å²) in [5, 5.41) is 18.9. The third-order valence-electron chi connectivity index (χ3n) is 9.35. The SMILES string of the molecule is C=CC1=C(C)c2cc3[nH]c(cc4nc(cc5[nH]c(cc1n2)c(C)c5CCC(=O)O)C(CCC(=O)O)=C4C)c(C)c3C=C.c1ccncc1.c1ccncc1. The first-order chi connectivity index (χ1) is 26.0. The number of fused-ring (bicyclic) bond motifs is 8. The van der Waals surface area contributed by atoms with Gasteiger partial charge in [-0.2, -0.15) is 0 Å². The van der Waals surface area contributed by atoms with Crippen molar-refractivity contribution in [2.45, 2.75) is 53.4 Å². The van der Waals surface area contributed by atoms with Crippen LogP contribution >= 0.6 is 0 Å². The van der Waals surface area contributed by atoms with Crippen LogP contribution < -0.4 is 0 Å². The smallest absolute Gasteiger partial charge is 0.303 e. The van der Waals surface area contributed by atoms with Gasteiger partial charge in [0.15, 0.2) is 0 Å². The number of aromatic amines is 2. The Hall–Kier alpha value is -6.68. The summed E-state index contributed by atoms with van der Waals surface area (Å²) < 4.78 is 0. The van der Waals surface area contributed by atoms with E-state index in [4.69, 9.17) is 9.97 Å². The van der Waals surface area contributed by atoms with E-state index >= 15 is 0 Å². The van der Waals surface area contributed by atoms with Gasteiger partial charge in [0.25, 0.3) is 0 Å². The fraction of sp³-hybridized carbons (Fsp3) is 0.182.